The Kier molecular flexibility index (Phi) is 24.5. The minimum absolute atomic E-state index is 0.161. The average Bonchev–Trinajstić information content (AvgIpc) is 4.29. The molecule has 4 fully saturated rings. The number of hydrogen-bond acceptors (Lipinski definition) is 15. The number of amides is 12. The van der Waals surface area contributed by atoms with Gasteiger partial charge in [0.05, 0.1) is 25.0 Å². The summed E-state index contributed by atoms with van der Waals surface area (Å²) < 4.78 is 0. The van der Waals surface area contributed by atoms with Crippen molar-refractivity contribution < 1.29 is 72.2 Å². The molecule has 0 spiro atoms. The molecule has 0 radical (unpaired) electrons. The quantitative estimate of drug-likeness (QED) is 0.0402. The molecule has 81 heavy (non-hydrogen) atoms. The monoisotopic (exact) mass is 1140 g/mol. The van der Waals surface area contributed by atoms with Gasteiger partial charge in [0.2, 0.25) is 70.9 Å². The molecule has 0 aromatic heterocycles. The smallest absolute Gasteiger partial charge is 0.305 e. The number of carbonyl (C=O) groups is 14. The average molecular weight is 1140 g/mol. The lowest BCUT2D eigenvalue weighted by Crippen LogP contribution is -2.59. The molecular formula is C53H85N13O15. The van der Waals surface area contributed by atoms with E-state index in [0.717, 1.165) is 0 Å². The van der Waals surface area contributed by atoms with Crippen molar-refractivity contribution in [3.63, 3.8) is 0 Å². The maximum atomic E-state index is 13.9. The van der Waals surface area contributed by atoms with Crippen LogP contribution in [0.1, 0.15) is 127 Å². The largest absolute Gasteiger partial charge is 0.481 e. The summed E-state index contributed by atoms with van der Waals surface area (Å²) in [6.45, 7) is 15.8. The molecule has 4 rings (SSSR count). The number of carboxylic acid groups (broad SMARTS) is 1. The zero-order chi connectivity index (χ0) is 60.7. The summed E-state index contributed by atoms with van der Waals surface area (Å²) >= 11 is 0. The van der Waals surface area contributed by atoms with Crippen LogP contribution in [0, 0.1) is 11.8 Å². The van der Waals surface area contributed by atoms with E-state index >= 15 is 0 Å². The van der Waals surface area contributed by atoms with Gasteiger partial charge in [-0.3, -0.25) is 67.1 Å². The first-order chi connectivity index (χ1) is 38.0. The Morgan fingerprint density at radius 1 is 0.432 bits per heavy atom. The van der Waals surface area contributed by atoms with Crippen LogP contribution in [-0.2, 0) is 67.1 Å². The van der Waals surface area contributed by atoms with Crippen molar-refractivity contribution in [1.29, 1.82) is 0 Å². The Balaban J connectivity index is 1.23. The Labute approximate surface area is 472 Å². The van der Waals surface area contributed by atoms with E-state index in [1.165, 1.54) is 68.2 Å². The molecular weight excluding hydrogens is 1060 g/mol. The molecule has 0 aromatic rings. The lowest BCUT2D eigenvalue weighted by Gasteiger charge is -2.32. The van der Waals surface area contributed by atoms with Gasteiger partial charge in [-0.25, -0.2) is 0 Å². The SMILES string of the molecule is CN[C@H](CC(=O)O)C(=O)N[C@H](C)C(=O)N1CCC[C@@H]1C(=O)N[C@H](C)C(=O)N[C@H](C)C(=O)N1CCC[C@H]1C(=O)N[C@H](C)C(=O)NCC(=O)N1CCC[C@H]1C(=O)N[C@H](C)C(=O)N[C@@H](C(=O)N1CCC[C@H]1C(=O)N[C@@H](C(C)=O)C(C)C)C(C)C. The van der Waals surface area contributed by atoms with Crippen molar-refractivity contribution in [1.82, 2.24) is 67.5 Å². The van der Waals surface area contributed by atoms with Crippen LogP contribution < -0.4 is 47.9 Å². The number of aliphatic carboxylic acids is 1. The van der Waals surface area contributed by atoms with Crippen LogP contribution >= 0.6 is 0 Å². The van der Waals surface area contributed by atoms with Crippen molar-refractivity contribution in [3.8, 4) is 0 Å². The molecule has 28 heteroatoms. The molecule has 10 N–H and O–H groups in total. The number of nitrogens with zero attached hydrogens (tertiary/aromatic N) is 4. The zero-order valence-corrected chi connectivity index (χ0v) is 48.4. The van der Waals surface area contributed by atoms with Gasteiger partial charge >= 0.3 is 5.97 Å². The summed E-state index contributed by atoms with van der Waals surface area (Å²) in [5.41, 5.74) is 0. The van der Waals surface area contributed by atoms with E-state index in [0.29, 0.717) is 32.1 Å². The number of carboxylic acids is 1. The molecule has 452 valence electrons. The normalized spacial score (nSPS) is 21.8. The van der Waals surface area contributed by atoms with E-state index in [4.69, 9.17) is 5.11 Å². The van der Waals surface area contributed by atoms with Crippen LogP contribution in [-0.4, -0.2) is 220 Å². The summed E-state index contributed by atoms with van der Waals surface area (Å²) in [5, 5.41) is 32.5. The molecule has 4 heterocycles. The first-order valence-corrected chi connectivity index (χ1v) is 28.0. The van der Waals surface area contributed by atoms with Crippen molar-refractivity contribution >= 4 is 82.6 Å². The molecule has 4 aliphatic rings. The van der Waals surface area contributed by atoms with Gasteiger partial charge in [0, 0.05) is 26.2 Å². The maximum Gasteiger partial charge on any atom is 0.305 e. The fourth-order valence-corrected chi connectivity index (χ4v) is 10.5. The van der Waals surface area contributed by atoms with Crippen LogP contribution in [0.15, 0.2) is 0 Å². The lowest BCUT2D eigenvalue weighted by atomic mass is 9.99. The van der Waals surface area contributed by atoms with E-state index in [9.17, 15) is 67.1 Å². The number of likely N-dealkylation sites (tertiary alicyclic amines) is 4. The molecule has 28 nitrogen and oxygen atoms in total. The zero-order valence-electron chi connectivity index (χ0n) is 48.4. The second-order valence-electron chi connectivity index (χ2n) is 22.2. The number of ketones is 1. The Bertz CT molecular complexity index is 2400. The Morgan fingerprint density at radius 2 is 0.790 bits per heavy atom. The van der Waals surface area contributed by atoms with Crippen molar-refractivity contribution in [2.75, 3.05) is 39.8 Å². The highest BCUT2D eigenvalue weighted by Gasteiger charge is 2.43. The van der Waals surface area contributed by atoms with Crippen LogP contribution in [0.3, 0.4) is 0 Å². The minimum Gasteiger partial charge on any atom is -0.481 e. The number of nitrogens with one attached hydrogen (secondary N) is 9. The van der Waals surface area contributed by atoms with Gasteiger partial charge in [-0.15, -0.1) is 0 Å². The standard InChI is InChI=1S/C53H85N13O15/c1-26(2)41(33(10)67)61-50(78)38-19-15-23-66(38)53(81)42(27(3)4)62-45(73)30(7)58-47(75)35-16-12-20-63(35)39(68)25-55-43(71)28(5)56-48(76)36-17-13-21-64(36)51(79)31(8)59-44(72)29(6)57-49(77)37-18-14-22-65(37)52(80)32(9)60-46(74)34(54-11)24-40(69)70/h26-32,34-38,41-42,54H,12-25H2,1-11H3,(H,55,71)(H,56,76)(H,57,77)(H,58,75)(H,59,72)(H,60,74)(H,61,78)(H,62,73)(H,69,70)/t28-,29-,30-,31-,32-,34-,35+,36+,37-,38+,41-,42-/m1/s1. The molecule has 4 aliphatic heterocycles. The number of carbonyl (C=O) groups excluding carboxylic acids is 13. The van der Waals surface area contributed by atoms with Crippen LogP contribution in [0.2, 0.25) is 0 Å². The summed E-state index contributed by atoms with van der Waals surface area (Å²) in [7, 11) is 1.40. The van der Waals surface area contributed by atoms with Gasteiger partial charge in [0.25, 0.3) is 0 Å². The molecule has 0 bridgehead atoms. The van der Waals surface area contributed by atoms with Crippen molar-refractivity contribution in [3.05, 3.63) is 0 Å². The van der Waals surface area contributed by atoms with Crippen LogP contribution in [0.25, 0.3) is 0 Å². The van der Waals surface area contributed by atoms with Gasteiger partial charge in [-0.05, 0) is 112 Å². The third-order valence-corrected chi connectivity index (χ3v) is 15.2. The predicted octanol–water partition coefficient (Wildman–Crippen LogP) is -3.48. The second-order valence-corrected chi connectivity index (χ2v) is 22.2. The van der Waals surface area contributed by atoms with Crippen LogP contribution in [0.4, 0.5) is 0 Å². The molecule has 12 atom stereocenters. The minimum atomic E-state index is -1.22. The number of hydrogen-bond donors (Lipinski definition) is 10. The number of likely N-dealkylation sites (N-methyl/N-ethyl adjacent to an activating group) is 1. The molecule has 0 aliphatic carbocycles. The topological polar surface area (TPSA) is 380 Å². The summed E-state index contributed by atoms with van der Waals surface area (Å²) in [6, 6.07) is -12.4. The Morgan fingerprint density at radius 3 is 1.19 bits per heavy atom. The van der Waals surface area contributed by atoms with E-state index in [1.54, 1.807) is 27.7 Å². The fraction of sp³-hybridized carbons (Fsp3) is 0.736. The second kappa shape index (κ2) is 30.0. The van der Waals surface area contributed by atoms with E-state index in [2.05, 4.69) is 47.9 Å². The van der Waals surface area contributed by atoms with E-state index in [-0.39, 0.29) is 57.1 Å². The fourth-order valence-electron chi connectivity index (χ4n) is 10.5. The van der Waals surface area contributed by atoms with Crippen LogP contribution in [0.5, 0.6) is 0 Å². The number of Topliss-reactive ketones (excluding diaryl/α,β-unsaturated/α-hetero) is 1. The molecule has 12 amide bonds. The molecule has 4 saturated heterocycles. The summed E-state index contributed by atoms with van der Waals surface area (Å²) in [6.07, 6.45) is 2.52. The third-order valence-electron chi connectivity index (χ3n) is 15.2. The van der Waals surface area contributed by atoms with Gasteiger partial charge in [0.1, 0.15) is 60.4 Å². The molecule has 0 aromatic carbocycles. The first-order valence-electron chi connectivity index (χ1n) is 28.0. The highest BCUT2D eigenvalue weighted by Crippen LogP contribution is 2.24. The maximum absolute atomic E-state index is 13.9. The lowest BCUT2D eigenvalue weighted by molar-refractivity contribution is -0.143. The summed E-state index contributed by atoms with van der Waals surface area (Å²) in [5.74, 6) is -9.50. The van der Waals surface area contributed by atoms with Gasteiger partial charge < -0.3 is 72.6 Å². The van der Waals surface area contributed by atoms with E-state index < -0.39 is 168 Å². The first kappa shape index (κ1) is 66.3. The highest BCUT2D eigenvalue weighted by atomic mass is 16.4. The molecule has 0 saturated carbocycles. The highest BCUT2D eigenvalue weighted by molar-refractivity contribution is 6.00. The summed E-state index contributed by atoms with van der Waals surface area (Å²) in [4.78, 5) is 189. The van der Waals surface area contributed by atoms with Gasteiger partial charge in [-0.2, -0.15) is 0 Å². The van der Waals surface area contributed by atoms with Crippen molar-refractivity contribution in [2.45, 2.75) is 200 Å². The van der Waals surface area contributed by atoms with E-state index in [1.807, 2.05) is 0 Å². The number of rotatable bonds is 26. The van der Waals surface area contributed by atoms with Gasteiger partial charge in [-0.1, -0.05) is 27.7 Å². The third kappa shape index (κ3) is 17.6. The Hall–Kier alpha value is -7.26. The van der Waals surface area contributed by atoms with Crippen molar-refractivity contribution in [2.24, 2.45) is 11.8 Å². The predicted molar refractivity (Wildman–Crippen MR) is 289 cm³/mol. The molecule has 0 unspecified atom stereocenters. The van der Waals surface area contributed by atoms with Gasteiger partial charge in [0.15, 0.2) is 5.78 Å².